The van der Waals surface area contributed by atoms with Crippen molar-refractivity contribution >= 4 is 5.91 Å². The second-order valence-corrected chi connectivity index (χ2v) is 5.37. The molecule has 2 atom stereocenters. The number of ether oxygens (including phenoxy) is 1. The minimum atomic E-state index is 0.0667. The molecule has 104 valence electrons. The molecule has 1 aromatic rings. The van der Waals surface area contributed by atoms with Gasteiger partial charge in [-0.05, 0) is 37.0 Å². The number of benzene rings is 1. The second-order valence-electron chi connectivity index (χ2n) is 5.37. The Bertz CT molecular complexity index is 473. The molecule has 0 bridgehead atoms. The second kappa shape index (κ2) is 5.61. The van der Waals surface area contributed by atoms with Crippen LogP contribution in [-0.2, 0) is 0 Å². The summed E-state index contributed by atoms with van der Waals surface area (Å²) >= 11 is 0. The Morgan fingerprint density at radius 1 is 1.47 bits per heavy atom. The van der Waals surface area contributed by atoms with Gasteiger partial charge in [0.1, 0.15) is 5.75 Å². The van der Waals surface area contributed by atoms with Crippen molar-refractivity contribution < 1.29 is 9.53 Å². The number of hydrogen-bond acceptors (Lipinski definition) is 3. The van der Waals surface area contributed by atoms with E-state index in [1.807, 2.05) is 30.0 Å². The topological polar surface area (TPSA) is 55.6 Å². The zero-order valence-corrected chi connectivity index (χ0v) is 11.8. The molecule has 1 heterocycles. The Kier molecular flexibility index (Phi) is 4.10. The first kappa shape index (κ1) is 13.9. The van der Waals surface area contributed by atoms with E-state index in [1.165, 1.54) is 0 Å². The molecule has 0 saturated carbocycles. The van der Waals surface area contributed by atoms with Gasteiger partial charge in [-0.3, -0.25) is 4.79 Å². The van der Waals surface area contributed by atoms with E-state index in [0.717, 1.165) is 30.8 Å². The van der Waals surface area contributed by atoms with Gasteiger partial charge in [0.05, 0.1) is 7.11 Å². The summed E-state index contributed by atoms with van der Waals surface area (Å²) in [5.74, 6) is 1.18. The molecule has 0 aromatic heterocycles. The molecule has 1 amide bonds. The molecule has 2 unspecified atom stereocenters. The molecule has 19 heavy (non-hydrogen) atoms. The van der Waals surface area contributed by atoms with Gasteiger partial charge in [0.25, 0.3) is 5.91 Å². The Labute approximate surface area is 114 Å². The van der Waals surface area contributed by atoms with Gasteiger partial charge in [0, 0.05) is 24.7 Å². The lowest BCUT2D eigenvalue weighted by Gasteiger charge is -2.35. The number of aryl methyl sites for hydroxylation is 1. The molecule has 1 saturated heterocycles. The van der Waals surface area contributed by atoms with Crippen LogP contribution >= 0.6 is 0 Å². The maximum absolute atomic E-state index is 12.5. The molecular formula is C15H22N2O2. The van der Waals surface area contributed by atoms with Crippen molar-refractivity contribution in [2.24, 2.45) is 11.7 Å². The van der Waals surface area contributed by atoms with Crippen LogP contribution in [0, 0.1) is 12.8 Å². The highest BCUT2D eigenvalue weighted by molar-refractivity contribution is 5.94. The third-order valence-corrected chi connectivity index (χ3v) is 3.91. The standard InChI is InChI=1S/C15H22N2O2/c1-10-4-5-12(8-14(10)19-3)15(18)17-7-6-13(16)11(2)9-17/h4-5,8,11,13H,6-7,9,16H2,1-3H3. The van der Waals surface area contributed by atoms with Gasteiger partial charge in [-0.15, -0.1) is 0 Å². The van der Waals surface area contributed by atoms with Crippen LogP contribution in [0.4, 0.5) is 0 Å². The number of rotatable bonds is 2. The molecule has 2 rings (SSSR count). The van der Waals surface area contributed by atoms with E-state index < -0.39 is 0 Å². The van der Waals surface area contributed by atoms with Gasteiger partial charge in [0.2, 0.25) is 0 Å². The number of nitrogens with two attached hydrogens (primary N) is 1. The molecule has 2 N–H and O–H groups in total. The van der Waals surface area contributed by atoms with Crippen molar-refractivity contribution in [1.82, 2.24) is 4.90 Å². The number of methoxy groups -OCH3 is 1. The zero-order chi connectivity index (χ0) is 14.0. The minimum absolute atomic E-state index is 0.0667. The van der Waals surface area contributed by atoms with Crippen molar-refractivity contribution in [2.75, 3.05) is 20.2 Å². The van der Waals surface area contributed by atoms with E-state index >= 15 is 0 Å². The average molecular weight is 262 g/mol. The van der Waals surface area contributed by atoms with Gasteiger partial charge in [0.15, 0.2) is 0 Å². The van der Waals surface area contributed by atoms with E-state index in [2.05, 4.69) is 6.92 Å². The van der Waals surface area contributed by atoms with Gasteiger partial charge >= 0.3 is 0 Å². The molecule has 0 aliphatic carbocycles. The summed E-state index contributed by atoms with van der Waals surface area (Å²) < 4.78 is 5.27. The van der Waals surface area contributed by atoms with Crippen LogP contribution in [0.15, 0.2) is 18.2 Å². The van der Waals surface area contributed by atoms with E-state index in [0.29, 0.717) is 11.5 Å². The predicted molar refractivity (Wildman–Crippen MR) is 75.4 cm³/mol. The molecule has 4 nitrogen and oxygen atoms in total. The normalized spacial score (nSPS) is 23.3. The summed E-state index contributed by atoms with van der Waals surface area (Å²) in [6.07, 6.45) is 0.871. The van der Waals surface area contributed by atoms with Crippen molar-refractivity contribution in [3.8, 4) is 5.75 Å². The fourth-order valence-electron chi connectivity index (χ4n) is 2.48. The molecule has 4 heteroatoms. The zero-order valence-electron chi connectivity index (χ0n) is 11.8. The van der Waals surface area contributed by atoms with Crippen molar-refractivity contribution in [3.05, 3.63) is 29.3 Å². The van der Waals surface area contributed by atoms with Crippen LogP contribution in [0.25, 0.3) is 0 Å². The first-order chi connectivity index (χ1) is 9.02. The monoisotopic (exact) mass is 262 g/mol. The number of nitrogens with zero attached hydrogens (tertiary/aromatic N) is 1. The van der Waals surface area contributed by atoms with Crippen LogP contribution < -0.4 is 10.5 Å². The number of carbonyl (C=O) groups is 1. The van der Waals surface area contributed by atoms with Crippen molar-refractivity contribution in [2.45, 2.75) is 26.3 Å². The van der Waals surface area contributed by atoms with Gasteiger partial charge in [-0.1, -0.05) is 13.0 Å². The molecule has 0 spiro atoms. The summed E-state index contributed by atoms with van der Waals surface area (Å²) in [6, 6.07) is 5.80. The maximum Gasteiger partial charge on any atom is 0.253 e. The molecule has 1 aromatic carbocycles. The SMILES string of the molecule is COc1cc(C(=O)N2CCC(N)C(C)C2)ccc1C. The third kappa shape index (κ3) is 2.89. The fraction of sp³-hybridized carbons (Fsp3) is 0.533. The number of likely N-dealkylation sites (tertiary alicyclic amines) is 1. The lowest BCUT2D eigenvalue weighted by atomic mass is 9.94. The summed E-state index contributed by atoms with van der Waals surface area (Å²) in [5, 5.41) is 0. The van der Waals surface area contributed by atoms with E-state index in [4.69, 9.17) is 10.5 Å². The average Bonchev–Trinajstić information content (AvgIpc) is 2.41. The summed E-state index contributed by atoms with van der Waals surface area (Å²) in [6.45, 7) is 5.53. The molecule has 1 fully saturated rings. The third-order valence-electron chi connectivity index (χ3n) is 3.91. The summed E-state index contributed by atoms with van der Waals surface area (Å²) in [5.41, 5.74) is 7.71. The van der Waals surface area contributed by atoms with E-state index in [-0.39, 0.29) is 11.9 Å². The summed E-state index contributed by atoms with van der Waals surface area (Å²) in [7, 11) is 1.62. The first-order valence-corrected chi connectivity index (χ1v) is 6.72. The predicted octanol–water partition coefficient (Wildman–Crippen LogP) is 1.81. The van der Waals surface area contributed by atoms with Crippen LogP contribution in [0.2, 0.25) is 0 Å². The highest BCUT2D eigenvalue weighted by atomic mass is 16.5. The Hall–Kier alpha value is -1.55. The van der Waals surface area contributed by atoms with Crippen LogP contribution in [0.3, 0.4) is 0 Å². The molecule has 1 aliphatic rings. The first-order valence-electron chi connectivity index (χ1n) is 6.72. The quantitative estimate of drug-likeness (QED) is 0.884. The Morgan fingerprint density at radius 2 is 2.21 bits per heavy atom. The smallest absolute Gasteiger partial charge is 0.253 e. The highest BCUT2D eigenvalue weighted by Crippen LogP contribution is 2.22. The van der Waals surface area contributed by atoms with E-state index in [9.17, 15) is 4.79 Å². The van der Waals surface area contributed by atoms with Gasteiger partial charge in [-0.25, -0.2) is 0 Å². The maximum atomic E-state index is 12.5. The number of amides is 1. The summed E-state index contributed by atoms with van der Waals surface area (Å²) in [4.78, 5) is 14.3. The van der Waals surface area contributed by atoms with Gasteiger partial charge in [-0.2, -0.15) is 0 Å². The lowest BCUT2D eigenvalue weighted by molar-refractivity contribution is 0.0664. The number of piperidine rings is 1. The minimum Gasteiger partial charge on any atom is -0.496 e. The van der Waals surface area contributed by atoms with E-state index in [1.54, 1.807) is 7.11 Å². The fourth-order valence-corrected chi connectivity index (χ4v) is 2.48. The van der Waals surface area contributed by atoms with Crippen molar-refractivity contribution in [1.29, 1.82) is 0 Å². The van der Waals surface area contributed by atoms with Crippen LogP contribution in [0.5, 0.6) is 5.75 Å². The Balaban J connectivity index is 2.15. The van der Waals surface area contributed by atoms with Crippen LogP contribution in [-0.4, -0.2) is 37.0 Å². The molecule has 1 aliphatic heterocycles. The van der Waals surface area contributed by atoms with Crippen molar-refractivity contribution in [3.63, 3.8) is 0 Å². The van der Waals surface area contributed by atoms with Crippen LogP contribution in [0.1, 0.15) is 29.3 Å². The number of carbonyl (C=O) groups excluding carboxylic acids is 1. The number of hydrogen-bond donors (Lipinski definition) is 1. The Morgan fingerprint density at radius 3 is 2.84 bits per heavy atom. The highest BCUT2D eigenvalue weighted by Gasteiger charge is 2.27. The van der Waals surface area contributed by atoms with Gasteiger partial charge < -0.3 is 15.4 Å². The molecule has 0 radical (unpaired) electrons. The lowest BCUT2D eigenvalue weighted by Crippen LogP contribution is -2.48. The molecular weight excluding hydrogens is 240 g/mol. The largest absolute Gasteiger partial charge is 0.496 e.